The maximum Gasteiger partial charge on any atom is 0.337 e. The third kappa shape index (κ3) is 7.33. The Labute approximate surface area is 266 Å². The van der Waals surface area contributed by atoms with E-state index in [1.165, 1.54) is 7.11 Å². The van der Waals surface area contributed by atoms with E-state index in [1.807, 2.05) is 83.6 Å². The van der Waals surface area contributed by atoms with Crippen LogP contribution in [0.1, 0.15) is 38.4 Å². The number of nitrogens with zero attached hydrogens (tertiary/aromatic N) is 2. The van der Waals surface area contributed by atoms with E-state index in [1.54, 1.807) is 38.5 Å². The summed E-state index contributed by atoms with van der Waals surface area (Å²) in [7, 11) is 4.63. The van der Waals surface area contributed by atoms with Crippen LogP contribution >= 0.6 is 23.2 Å². The van der Waals surface area contributed by atoms with Gasteiger partial charge in [-0.2, -0.15) is 0 Å². The molecule has 0 aliphatic carbocycles. The van der Waals surface area contributed by atoms with Crippen LogP contribution in [0.5, 0.6) is 11.5 Å². The summed E-state index contributed by atoms with van der Waals surface area (Å²) in [4.78, 5) is 16.8. The highest BCUT2D eigenvalue weighted by atomic mass is 35.5. The highest BCUT2D eigenvalue weighted by molar-refractivity contribution is 6.36. The third-order valence-electron chi connectivity index (χ3n) is 6.83. The zero-order chi connectivity index (χ0) is 31.1. The molecule has 1 heterocycles. The molecule has 8 heteroatoms. The van der Waals surface area contributed by atoms with Gasteiger partial charge in [0, 0.05) is 40.0 Å². The van der Waals surface area contributed by atoms with Crippen LogP contribution in [0.25, 0.3) is 23.4 Å². The molecular formula is C36H28Cl2N2O4. The first-order chi connectivity index (χ1) is 21.4. The van der Waals surface area contributed by atoms with Crippen LogP contribution in [-0.4, -0.2) is 36.8 Å². The molecule has 6 nitrogen and oxygen atoms in total. The summed E-state index contributed by atoms with van der Waals surface area (Å²) in [6.45, 7) is 0.504. The molecule has 0 saturated carbocycles. The minimum atomic E-state index is -0.382. The zero-order valence-electron chi connectivity index (χ0n) is 24.3. The molecule has 44 heavy (non-hydrogen) atoms. The first kappa shape index (κ1) is 30.5. The molecule has 0 bridgehead atoms. The van der Waals surface area contributed by atoms with Gasteiger partial charge in [-0.3, -0.25) is 0 Å². The number of rotatable bonds is 8. The first-order valence-electron chi connectivity index (χ1n) is 13.6. The van der Waals surface area contributed by atoms with E-state index in [-0.39, 0.29) is 5.97 Å². The van der Waals surface area contributed by atoms with Crippen molar-refractivity contribution in [2.45, 2.75) is 6.54 Å². The van der Waals surface area contributed by atoms with Gasteiger partial charge in [-0.15, -0.1) is 0 Å². The maximum atomic E-state index is 11.9. The van der Waals surface area contributed by atoms with Crippen LogP contribution in [0.2, 0.25) is 10.0 Å². The Kier molecular flexibility index (Phi) is 9.71. The number of benzene rings is 4. The summed E-state index contributed by atoms with van der Waals surface area (Å²) in [5.74, 6) is 8.22. The number of aromatic nitrogens is 2. The molecule has 220 valence electrons. The Morgan fingerprint density at radius 2 is 1.57 bits per heavy atom. The number of carbonyl (C=O) groups is 1. The van der Waals surface area contributed by atoms with E-state index in [2.05, 4.69) is 11.8 Å². The molecule has 0 fully saturated rings. The zero-order valence-corrected chi connectivity index (χ0v) is 25.8. The number of carbonyl (C=O) groups excluding carboxylic acids is 1. The second-order valence-electron chi connectivity index (χ2n) is 9.69. The molecule has 0 N–H and O–H groups in total. The lowest BCUT2D eigenvalue weighted by Crippen LogP contribution is -2.03. The van der Waals surface area contributed by atoms with Crippen molar-refractivity contribution < 1.29 is 19.0 Å². The van der Waals surface area contributed by atoms with Crippen molar-refractivity contribution in [3.05, 3.63) is 135 Å². The summed E-state index contributed by atoms with van der Waals surface area (Å²) in [6.07, 6.45) is 5.81. The van der Waals surface area contributed by atoms with Gasteiger partial charge in [-0.1, -0.05) is 47.2 Å². The number of hydrogen-bond acceptors (Lipinski definition) is 5. The molecular weight excluding hydrogens is 595 g/mol. The monoisotopic (exact) mass is 622 g/mol. The standard InChI is InChI=1S/C36H28Cl2N2O4/c1-42-30-15-8-24(9-16-30)4-5-25-10-18-34(43-2)28(20-25)13-19-35-39-33(31-17-14-29(37)21-32(31)38)23-40(35)22-26-6-11-27(12-7-26)36(41)44-3/h6-21,23H,22H2,1-3H3/b19-13+. The van der Waals surface area contributed by atoms with E-state index in [0.717, 1.165) is 33.6 Å². The van der Waals surface area contributed by atoms with Crippen LogP contribution < -0.4 is 9.47 Å². The molecule has 0 saturated heterocycles. The molecule has 0 radical (unpaired) electrons. The average Bonchev–Trinajstić information content (AvgIpc) is 3.44. The van der Waals surface area contributed by atoms with Gasteiger partial charge in [-0.25, -0.2) is 9.78 Å². The van der Waals surface area contributed by atoms with E-state index < -0.39 is 0 Å². The Bertz CT molecular complexity index is 1880. The number of hydrogen-bond donors (Lipinski definition) is 0. The summed E-state index contributed by atoms with van der Waals surface area (Å²) in [5, 5.41) is 1.05. The Hall–Kier alpha value is -4.96. The molecule has 4 aromatic carbocycles. The molecule has 5 rings (SSSR count). The number of ether oxygens (including phenoxy) is 3. The number of methoxy groups -OCH3 is 3. The van der Waals surface area contributed by atoms with Gasteiger partial charge in [0.05, 0.1) is 37.6 Å². The van der Waals surface area contributed by atoms with Crippen molar-refractivity contribution >= 4 is 41.3 Å². The highest BCUT2D eigenvalue weighted by Crippen LogP contribution is 2.31. The number of halogens is 2. The van der Waals surface area contributed by atoms with E-state index >= 15 is 0 Å². The molecule has 0 amide bonds. The van der Waals surface area contributed by atoms with Crippen molar-refractivity contribution in [1.29, 1.82) is 0 Å². The van der Waals surface area contributed by atoms with Crippen LogP contribution in [0.3, 0.4) is 0 Å². The Morgan fingerprint density at radius 3 is 2.25 bits per heavy atom. The van der Waals surface area contributed by atoms with Gasteiger partial charge < -0.3 is 18.8 Å². The van der Waals surface area contributed by atoms with Crippen LogP contribution in [0.15, 0.2) is 91.1 Å². The van der Waals surface area contributed by atoms with Gasteiger partial charge in [0.1, 0.15) is 17.3 Å². The Balaban J connectivity index is 1.49. The predicted molar refractivity (Wildman–Crippen MR) is 175 cm³/mol. The average molecular weight is 624 g/mol. The van der Waals surface area contributed by atoms with Crippen molar-refractivity contribution in [2.24, 2.45) is 0 Å². The summed E-state index contributed by atoms with van der Waals surface area (Å²) < 4.78 is 17.7. The summed E-state index contributed by atoms with van der Waals surface area (Å²) in [6, 6.07) is 26.0. The number of esters is 1. The van der Waals surface area contributed by atoms with Gasteiger partial charge in [0.2, 0.25) is 0 Å². The van der Waals surface area contributed by atoms with Crippen molar-refractivity contribution in [2.75, 3.05) is 21.3 Å². The van der Waals surface area contributed by atoms with E-state index in [0.29, 0.717) is 39.4 Å². The molecule has 0 unspecified atom stereocenters. The molecule has 0 aliphatic heterocycles. The van der Waals surface area contributed by atoms with Crippen LogP contribution in [0, 0.1) is 11.8 Å². The maximum absolute atomic E-state index is 11.9. The minimum Gasteiger partial charge on any atom is -0.497 e. The lowest BCUT2D eigenvalue weighted by molar-refractivity contribution is 0.0600. The minimum absolute atomic E-state index is 0.382. The lowest BCUT2D eigenvalue weighted by Gasteiger charge is -2.08. The predicted octanol–water partition coefficient (Wildman–Crippen LogP) is 8.28. The SMILES string of the molecule is COC(=O)c1ccc(Cn2cc(-c3ccc(Cl)cc3Cl)nc2/C=C/c2cc(C#Cc3ccc(OC)cc3)ccc2OC)cc1. The molecule has 0 spiro atoms. The van der Waals surface area contributed by atoms with E-state index in [9.17, 15) is 4.79 Å². The largest absolute Gasteiger partial charge is 0.497 e. The summed E-state index contributed by atoms with van der Waals surface area (Å²) >= 11 is 12.7. The topological polar surface area (TPSA) is 62.6 Å². The Morgan fingerprint density at radius 1 is 0.841 bits per heavy atom. The third-order valence-corrected chi connectivity index (χ3v) is 7.37. The van der Waals surface area contributed by atoms with Crippen molar-refractivity contribution in [3.63, 3.8) is 0 Å². The second-order valence-corrected chi connectivity index (χ2v) is 10.5. The fourth-order valence-electron chi connectivity index (χ4n) is 4.50. The second kappa shape index (κ2) is 14.0. The van der Waals surface area contributed by atoms with E-state index in [4.69, 9.17) is 42.4 Å². The fourth-order valence-corrected chi connectivity index (χ4v) is 5.01. The van der Waals surface area contributed by atoms with Crippen molar-refractivity contribution in [1.82, 2.24) is 9.55 Å². The molecule has 1 aromatic heterocycles. The summed E-state index contributed by atoms with van der Waals surface area (Å²) in [5.41, 5.74) is 5.49. The van der Waals surface area contributed by atoms with Crippen molar-refractivity contribution in [3.8, 4) is 34.6 Å². The van der Waals surface area contributed by atoms with Gasteiger partial charge in [0.25, 0.3) is 0 Å². The van der Waals surface area contributed by atoms with Gasteiger partial charge >= 0.3 is 5.97 Å². The van der Waals surface area contributed by atoms with Gasteiger partial charge in [-0.05, 0) is 90.5 Å². The quantitative estimate of drug-likeness (QED) is 0.129. The highest BCUT2D eigenvalue weighted by Gasteiger charge is 2.13. The lowest BCUT2D eigenvalue weighted by atomic mass is 10.1. The van der Waals surface area contributed by atoms with Crippen LogP contribution in [-0.2, 0) is 11.3 Å². The first-order valence-corrected chi connectivity index (χ1v) is 14.3. The molecule has 5 aromatic rings. The molecule has 0 aliphatic rings. The number of imidazole rings is 1. The molecule has 0 atom stereocenters. The smallest absolute Gasteiger partial charge is 0.337 e. The van der Waals surface area contributed by atoms with Crippen LogP contribution in [0.4, 0.5) is 0 Å². The van der Waals surface area contributed by atoms with Gasteiger partial charge in [0.15, 0.2) is 0 Å². The fraction of sp³-hybridized carbons (Fsp3) is 0.111. The normalized spacial score (nSPS) is 10.8.